The van der Waals surface area contributed by atoms with E-state index >= 15 is 8.78 Å². The van der Waals surface area contributed by atoms with Gasteiger partial charge >= 0.3 is 21.3 Å². The molecule has 230 valence electrons. The zero-order chi connectivity index (χ0) is 30.9. The van der Waals surface area contributed by atoms with Crippen LogP contribution in [0.25, 0.3) is 0 Å². The van der Waals surface area contributed by atoms with Crippen LogP contribution in [0.5, 0.6) is 0 Å². The second-order valence-corrected chi connectivity index (χ2v) is 16.5. The summed E-state index contributed by atoms with van der Waals surface area (Å²) in [7, 11) is -9.11. The van der Waals surface area contributed by atoms with Crippen LogP contribution in [0.2, 0.25) is 0 Å². The first-order chi connectivity index (χ1) is 19.9. The molecule has 0 aliphatic rings. The molecule has 0 spiro atoms. The van der Waals surface area contributed by atoms with Crippen molar-refractivity contribution < 1.29 is 30.4 Å². The minimum atomic E-state index is -5.83. The Morgan fingerprint density at radius 2 is 1.17 bits per heavy atom. The predicted octanol–water partition coefficient (Wildman–Crippen LogP) is 9.44. The molecule has 3 rings (SSSR count). The van der Waals surface area contributed by atoms with Crippen LogP contribution < -0.4 is 0 Å². The normalized spacial score (nSPS) is 13.1. The van der Waals surface area contributed by atoms with E-state index in [1.54, 1.807) is 72.8 Å². The highest BCUT2D eigenvalue weighted by Gasteiger charge is 2.58. The van der Waals surface area contributed by atoms with Gasteiger partial charge in [-0.3, -0.25) is 0 Å². The van der Waals surface area contributed by atoms with Crippen molar-refractivity contribution in [3.8, 4) is 0 Å². The van der Waals surface area contributed by atoms with Crippen LogP contribution in [0.15, 0.2) is 99.6 Å². The largest absolute Gasteiger partial charge is 0.466 e. The molecule has 0 aliphatic heterocycles. The second kappa shape index (κ2) is 15.1. The summed E-state index contributed by atoms with van der Waals surface area (Å²) in [5.41, 5.74) is 0.775. The topological polar surface area (TPSA) is 69.7 Å². The number of ether oxygens (including phenoxy) is 1. The quantitative estimate of drug-likeness (QED) is 0.0674. The van der Waals surface area contributed by atoms with E-state index in [0.717, 1.165) is 35.7 Å². The maximum Gasteiger partial charge on any atom is 0.466 e. The Kier molecular flexibility index (Phi) is 12.4. The molecule has 0 atom stereocenters. The first-order valence-electron chi connectivity index (χ1n) is 14.0. The molecule has 0 fully saturated rings. The SMILES string of the molecule is CC(C)(C)c1ccc(S(OS(=O)(=O)C(F)(F)C(=O)OCCCCCCCCI)(c2ccccc2)c2ccccc2)cc1. The number of hydrogen-bond donors (Lipinski definition) is 0. The first-order valence-corrected chi connectivity index (χ1v) is 18.5. The number of benzene rings is 3. The Labute approximate surface area is 264 Å². The van der Waals surface area contributed by atoms with E-state index in [0.29, 0.717) is 27.5 Å². The Bertz CT molecular complexity index is 1340. The fourth-order valence-corrected chi connectivity index (χ4v) is 9.91. The zero-order valence-electron chi connectivity index (χ0n) is 24.2. The molecule has 0 aliphatic carbocycles. The molecule has 0 N–H and O–H groups in total. The van der Waals surface area contributed by atoms with Crippen molar-refractivity contribution in [1.29, 1.82) is 0 Å². The zero-order valence-corrected chi connectivity index (χ0v) is 28.0. The molecule has 0 radical (unpaired) electrons. The van der Waals surface area contributed by atoms with Gasteiger partial charge < -0.3 is 4.74 Å². The highest BCUT2D eigenvalue weighted by molar-refractivity contribution is 14.1. The van der Waals surface area contributed by atoms with Crippen LogP contribution >= 0.6 is 32.9 Å². The molecule has 3 aromatic rings. The lowest BCUT2D eigenvalue weighted by Gasteiger charge is -2.40. The van der Waals surface area contributed by atoms with Crippen LogP contribution in [0.4, 0.5) is 8.78 Å². The van der Waals surface area contributed by atoms with E-state index in [4.69, 9.17) is 8.37 Å². The van der Waals surface area contributed by atoms with E-state index in [1.807, 2.05) is 32.9 Å². The summed E-state index contributed by atoms with van der Waals surface area (Å²) in [5.74, 6) is -2.13. The minimum absolute atomic E-state index is 0.199. The molecule has 42 heavy (non-hydrogen) atoms. The minimum Gasteiger partial charge on any atom is -0.460 e. The van der Waals surface area contributed by atoms with Crippen molar-refractivity contribution in [2.24, 2.45) is 0 Å². The highest BCUT2D eigenvalue weighted by Crippen LogP contribution is 2.70. The molecule has 0 bridgehead atoms. The summed E-state index contributed by atoms with van der Waals surface area (Å²) in [5, 5.41) is -4.92. The molecule has 0 aromatic heterocycles. The average molecular weight is 733 g/mol. The predicted molar refractivity (Wildman–Crippen MR) is 173 cm³/mol. The Hall–Kier alpha value is -2.02. The molecular formula is C32H39F2IO5S2. The van der Waals surface area contributed by atoms with E-state index < -0.39 is 31.7 Å². The third-order valence-corrected chi connectivity index (χ3v) is 12.6. The monoisotopic (exact) mass is 732 g/mol. The van der Waals surface area contributed by atoms with Crippen molar-refractivity contribution >= 4 is 49.0 Å². The maximum absolute atomic E-state index is 15.4. The molecule has 10 heteroatoms. The maximum atomic E-state index is 15.4. The smallest absolute Gasteiger partial charge is 0.460 e. The molecule has 5 nitrogen and oxygen atoms in total. The number of halogens is 3. The summed E-state index contributed by atoms with van der Waals surface area (Å²) in [4.78, 5) is 13.7. The second-order valence-electron chi connectivity index (χ2n) is 10.9. The molecule has 0 unspecified atom stereocenters. The summed E-state index contributed by atoms with van der Waals surface area (Å²) >= 11 is 2.32. The number of carbonyl (C=O) groups is 1. The first kappa shape index (κ1) is 34.5. The van der Waals surface area contributed by atoms with Crippen molar-refractivity contribution in [3.05, 3.63) is 90.5 Å². The lowest BCUT2D eigenvalue weighted by Crippen LogP contribution is -2.41. The average Bonchev–Trinajstić information content (AvgIpc) is 2.97. The van der Waals surface area contributed by atoms with E-state index in [-0.39, 0.29) is 12.0 Å². The summed E-state index contributed by atoms with van der Waals surface area (Å²) < 4.78 is 69.3. The number of alkyl halides is 3. The number of rotatable bonds is 15. The summed E-state index contributed by atoms with van der Waals surface area (Å²) in [6, 6.07) is 23.9. The molecule has 0 heterocycles. The molecule has 3 aromatic carbocycles. The lowest BCUT2D eigenvalue weighted by molar-refractivity contribution is -0.161. The number of carbonyl (C=O) groups excluding carboxylic acids is 1. The summed E-state index contributed by atoms with van der Waals surface area (Å²) in [6.45, 7) is 5.82. The third kappa shape index (κ3) is 8.33. The molecule has 0 amide bonds. The Morgan fingerprint density at radius 3 is 1.64 bits per heavy atom. The van der Waals surface area contributed by atoms with E-state index in [9.17, 15) is 13.2 Å². The highest BCUT2D eigenvalue weighted by atomic mass is 127. The molecule has 0 saturated carbocycles. The van der Waals surface area contributed by atoms with Gasteiger partial charge in [-0.2, -0.15) is 17.2 Å². The van der Waals surface area contributed by atoms with Gasteiger partial charge in [0.05, 0.1) is 6.61 Å². The van der Waals surface area contributed by atoms with Crippen LogP contribution in [-0.2, 0) is 28.7 Å². The number of hydrogen-bond acceptors (Lipinski definition) is 5. The van der Waals surface area contributed by atoms with Gasteiger partial charge in [-0.15, -0.1) is 0 Å². The van der Waals surface area contributed by atoms with E-state index in [2.05, 4.69) is 22.6 Å². The van der Waals surface area contributed by atoms with Crippen molar-refractivity contribution in [3.63, 3.8) is 0 Å². The van der Waals surface area contributed by atoms with Crippen molar-refractivity contribution in [1.82, 2.24) is 0 Å². The van der Waals surface area contributed by atoms with Crippen LogP contribution in [0, 0.1) is 0 Å². The van der Waals surface area contributed by atoms with Gasteiger partial charge in [-0.25, -0.2) is 8.42 Å². The number of unbranched alkanes of at least 4 members (excludes halogenated alkanes) is 5. The van der Waals surface area contributed by atoms with Crippen LogP contribution in [-0.4, -0.2) is 30.7 Å². The summed E-state index contributed by atoms with van der Waals surface area (Å²) in [6.07, 6.45) is 5.17. The fourth-order valence-electron chi connectivity index (χ4n) is 4.33. The van der Waals surface area contributed by atoms with Gasteiger partial charge in [0.25, 0.3) is 0 Å². The molecular weight excluding hydrogens is 693 g/mol. The Morgan fingerprint density at radius 1 is 0.714 bits per heavy atom. The van der Waals surface area contributed by atoms with Gasteiger partial charge in [0, 0.05) is 14.7 Å². The Balaban J connectivity index is 1.98. The van der Waals surface area contributed by atoms with E-state index in [1.165, 1.54) is 0 Å². The van der Waals surface area contributed by atoms with Crippen molar-refractivity contribution in [2.45, 2.75) is 84.7 Å². The molecule has 0 saturated heterocycles. The number of esters is 1. The van der Waals surface area contributed by atoms with Crippen molar-refractivity contribution in [2.75, 3.05) is 11.0 Å². The van der Waals surface area contributed by atoms with Gasteiger partial charge in [0.2, 0.25) is 0 Å². The van der Waals surface area contributed by atoms with Crippen LogP contribution in [0.3, 0.4) is 0 Å². The van der Waals surface area contributed by atoms with Crippen LogP contribution in [0.1, 0.15) is 64.9 Å². The standard InChI is InChI=1S/C32H39F2IO5S2/c1-31(2,3)26-20-22-29(23-21-26)41(27-16-10-8-11-17-27,28-18-12-9-13-19-28)40-42(37,38)32(33,34)30(36)39-25-15-7-5-4-6-14-24-35/h8-13,16-23H,4-7,14-15,24-25H2,1-3H3. The van der Waals surface area contributed by atoms with Gasteiger partial charge in [0.15, 0.2) is 0 Å². The van der Waals surface area contributed by atoms with Gasteiger partial charge in [-0.1, -0.05) is 118 Å². The van der Waals surface area contributed by atoms with Gasteiger partial charge in [0.1, 0.15) is 0 Å². The van der Waals surface area contributed by atoms with Gasteiger partial charge in [-0.05, 0) is 75.0 Å². The fraction of sp³-hybridized carbons (Fsp3) is 0.406. The lowest BCUT2D eigenvalue weighted by atomic mass is 9.87. The third-order valence-electron chi connectivity index (χ3n) is 6.71.